The molecule has 3 aromatic rings. The topological polar surface area (TPSA) is 73.0 Å². The van der Waals surface area contributed by atoms with E-state index in [4.69, 9.17) is 4.52 Å². The normalized spacial score (nSPS) is 15.3. The summed E-state index contributed by atoms with van der Waals surface area (Å²) >= 11 is 0. The minimum atomic E-state index is -4.43. The Morgan fingerprint density at radius 3 is 2.76 bits per heavy atom. The monoisotopic (exact) mass is 404 g/mol. The van der Waals surface area contributed by atoms with Gasteiger partial charge in [0.2, 0.25) is 0 Å². The summed E-state index contributed by atoms with van der Waals surface area (Å²) in [6.45, 7) is 3.52. The average molecular weight is 404 g/mol. The first-order valence-corrected chi connectivity index (χ1v) is 9.23. The molecule has 9 heteroatoms. The number of alkyl halides is 3. The van der Waals surface area contributed by atoms with Crippen molar-refractivity contribution in [1.29, 1.82) is 0 Å². The molecule has 1 atom stereocenters. The van der Waals surface area contributed by atoms with Gasteiger partial charge in [-0.1, -0.05) is 11.2 Å². The van der Waals surface area contributed by atoms with Crippen LogP contribution in [-0.2, 0) is 6.18 Å². The highest BCUT2D eigenvalue weighted by Crippen LogP contribution is 2.40. The average Bonchev–Trinajstić information content (AvgIpc) is 3.26. The first kappa shape index (κ1) is 19.2. The third-order valence-electron chi connectivity index (χ3n) is 5.02. The van der Waals surface area contributed by atoms with E-state index >= 15 is 0 Å². The fraction of sp³-hybridized carbons (Fsp3) is 0.350. The van der Waals surface area contributed by atoms with Crippen LogP contribution in [0.2, 0.25) is 0 Å². The highest BCUT2D eigenvalue weighted by Gasteiger charge is 2.31. The molecule has 1 fully saturated rings. The van der Waals surface area contributed by atoms with E-state index in [-0.39, 0.29) is 11.6 Å². The second kappa shape index (κ2) is 7.06. The van der Waals surface area contributed by atoms with Crippen LogP contribution in [0.4, 0.5) is 13.2 Å². The lowest BCUT2D eigenvalue weighted by molar-refractivity contribution is -0.137. The van der Waals surface area contributed by atoms with Crippen molar-refractivity contribution < 1.29 is 22.5 Å². The molecule has 152 valence electrons. The van der Waals surface area contributed by atoms with Crippen LogP contribution >= 0.6 is 0 Å². The molecular formula is C20H19F3N4O2. The molecular weight excluding hydrogens is 385 g/mol. The highest BCUT2D eigenvalue weighted by molar-refractivity contribution is 5.92. The standard InChI is InChI=1S/C20H19F3N4O2/c1-11(25-19(28)17-9-18(29-26-17)13-6-7-13)16-10-24-27(12(16)2)15-5-3-4-14(8-15)20(21,22)23/h3-5,8-11,13H,6-7H2,1-2H3,(H,25,28). The number of carbonyl (C=O) groups is 1. The number of amides is 1. The fourth-order valence-corrected chi connectivity index (χ4v) is 3.23. The van der Waals surface area contributed by atoms with Gasteiger partial charge in [0.1, 0.15) is 5.76 Å². The summed E-state index contributed by atoms with van der Waals surface area (Å²) in [6.07, 6.45) is -0.807. The van der Waals surface area contributed by atoms with E-state index in [1.165, 1.54) is 10.7 Å². The lowest BCUT2D eigenvalue weighted by Crippen LogP contribution is -2.27. The van der Waals surface area contributed by atoms with E-state index in [1.807, 2.05) is 0 Å². The molecule has 1 aromatic carbocycles. The Labute approximate surface area is 164 Å². The van der Waals surface area contributed by atoms with Crippen molar-refractivity contribution in [3.8, 4) is 5.69 Å². The van der Waals surface area contributed by atoms with Crippen LogP contribution in [0.15, 0.2) is 41.1 Å². The second-order valence-electron chi connectivity index (χ2n) is 7.23. The Hall–Kier alpha value is -3.10. The van der Waals surface area contributed by atoms with Gasteiger partial charge in [-0.15, -0.1) is 0 Å². The Morgan fingerprint density at radius 1 is 1.31 bits per heavy atom. The van der Waals surface area contributed by atoms with E-state index in [0.717, 1.165) is 30.7 Å². The maximum absolute atomic E-state index is 13.0. The number of halogens is 3. The lowest BCUT2D eigenvalue weighted by atomic mass is 10.1. The van der Waals surface area contributed by atoms with Gasteiger partial charge in [0, 0.05) is 23.2 Å². The van der Waals surface area contributed by atoms with Gasteiger partial charge in [-0.2, -0.15) is 18.3 Å². The molecule has 6 nitrogen and oxygen atoms in total. The van der Waals surface area contributed by atoms with Crippen molar-refractivity contribution in [1.82, 2.24) is 20.3 Å². The molecule has 0 radical (unpaired) electrons. The molecule has 1 amide bonds. The Bertz CT molecular complexity index is 1050. The molecule has 0 bridgehead atoms. The first-order chi connectivity index (χ1) is 13.7. The summed E-state index contributed by atoms with van der Waals surface area (Å²) in [5.41, 5.74) is 1.09. The van der Waals surface area contributed by atoms with Gasteiger partial charge >= 0.3 is 6.18 Å². The van der Waals surface area contributed by atoms with Gasteiger partial charge in [-0.3, -0.25) is 4.79 Å². The van der Waals surface area contributed by atoms with Gasteiger partial charge in [0.05, 0.1) is 23.5 Å². The smallest absolute Gasteiger partial charge is 0.360 e. The number of hydrogen-bond acceptors (Lipinski definition) is 4. The maximum atomic E-state index is 13.0. The molecule has 1 aliphatic carbocycles. The van der Waals surface area contributed by atoms with E-state index in [0.29, 0.717) is 22.9 Å². The van der Waals surface area contributed by atoms with Gasteiger partial charge in [-0.05, 0) is 44.9 Å². The molecule has 1 unspecified atom stereocenters. The first-order valence-electron chi connectivity index (χ1n) is 9.23. The Morgan fingerprint density at radius 2 is 2.07 bits per heavy atom. The predicted octanol–water partition coefficient (Wildman–Crippen LogP) is 4.56. The van der Waals surface area contributed by atoms with E-state index in [2.05, 4.69) is 15.6 Å². The number of benzene rings is 1. The Kier molecular flexibility index (Phi) is 4.68. The van der Waals surface area contributed by atoms with Crippen molar-refractivity contribution in [2.24, 2.45) is 0 Å². The maximum Gasteiger partial charge on any atom is 0.416 e. The lowest BCUT2D eigenvalue weighted by Gasteiger charge is -2.14. The number of hydrogen-bond donors (Lipinski definition) is 1. The number of nitrogens with one attached hydrogen (secondary N) is 1. The summed E-state index contributed by atoms with van der Waals surface area (Å²) in [6, 6.07) is 6.19. The zero-order valence-corrected chi connectivity index (χ0v) is 15.8. The number of rotatable bonds is 5. The minimum Gasteiger partial charge on any atom is -0.360 e. The summed E-state index contributed by atoms with van der Waals surface area (Å²) in [7, 11) is 0. The summed E-state index contributed by atoms with van der Waals surface area (Å²) in [5, 5.41) is 10.9. The zero-order chi connectivity index (χ0) is 20.8. The third-order valence-corrected chi connectivity index (χ3v) is 5.02. The van der Waals surface area contributed by atoms with Crippen molar-refractivity contribution in [3.05, 3.63) is 64.8 Å². The van der Waals surface area contributed by atoms with Crippen LogP contribution in [0.1, 0.15) is 64.8 Å². The minimum absolute atomic E-state index is 0.210. The van der Waals surface area contributed by atoms with Crippen molar-refractivity contribution in [2.45, 2.75) is 44.8 Å². The Balaban J connectivity index is 1.52. The third kappa shape index (κ3) is 3.90. The van der Waals surface area contributed by atoms with Crippen LogP contribution in [0.5, 0.6) is 0 Å². The molecule has 4 rings (SSSR count). The largest absolute Gasteiger partial charge is 0.416 e. The predicted molar refractivity (Wildman–Crippen MR) is 97.7 cm³/mol. The van der Waals surface area contributed by atoms with Crippen LogP contribution < -0.4 is 5.32 Å². The van der Waals surface area contributed by atoms with Crippen LogP contribution in [-0.4, -0.2) is 20.8 Å². The van der Waals surface area contributed by atoms with E-state index in [9.17, 15) is 18.0 Å². The molecule has 0 aliphatic heterocycles. The van der Waals surface area contributed by atoms with Crippen LogP contribution in [0, 0.1) is 6.92 Å². The molecule has 0 saturated heterocycles. The highest BCUT2D eigenvalue weighted by atomic mass is 19.4. The second-order valence-corrected chi connectivity index (χ2v) is 7.23. The number of nitrogens with zero attached hydrogens (tertiary/aromatic N) is 3. The molecule has 2 aromatic heterocycles. The molecule has 29 heavy (non-hydrogen) atoms. The van der Waals surface area contributed by atoms with Gasteiger partial charge in [0.25, 0.3) is 5.91 Å². The fourth-order valence-electron chi connectivity index (χ4n) is 3.23. The quantitative estimate of drug-likeness (QED) is 0.677. The van der Waals surface area contributed by atoms with Crippen molar-refractivity contribution in [2.75, 3.05) is 0 Å². The number of carbonyl (C=O) groups excluding carboxylic acids is 1. The van der Waals surface area contributed by atoms with Crippen molar-refractivity contribution >= 4 is 5.91 Å². The molecule has 1 N–H and O–H groups in total. The van der Waals surface area contributed by atoms with Gasteiger partial charge < -0.3 is 9.84 Å². The van der Waals surface area contributed by atoms with Gasteiger partial charge in [-0.25, -0.2) is 4.68 Å². The van der Waals surface area contributed by atoms with Gasteiger partial charge in [0.15, 0.2) is 5.69 Å². The van der Waals surface area contributed by atoms with E-state index in [1.54, 1.807) is 32.2 Å². The summed E-state index contributed by atoms with van der Waals surface area (Å²) < 4.78 is 45.6. The number of aromatic nitrogens is 3. The SMILES string of the molecule is Cc1c(C(C)NC(=O)c2cc(C3CC3)on2)cnn1-c1cccc(C(F)(F)F)c1. The summed E-state index contributed by atoms with van der Waals surface area (Å²) in [4.78, 5) is 12.4. The molecule has 0 spiro atoms. The molecule has 2 heterocycles. The zero-order valence-electron chi connectivity index (χ0n) is 15.8. The van der Waals surface area contributed by atoms with Crippen LogP contribution in [0.3, 0.4) is 0 Å². The van der Waals surface area contributed by atoms with E-state index < -0.39 is 17.8 Å². The van der Waals surface area contributed by atoms with Crippen LogP contribution in [0.25, 0.3) is 5.69 Å². The van der Waals surface area contributed by atoms with Crippen molar-refractivity contribution in [3.63, 3.8) is 0 Å². The summed E-state index contributed by atoms with van der Waals surface area (Å²) in [5.74, 6) is 0.699. The molecule has 1 saturated carbocycles. The molecule has 1 aliphatic rings.